The molecule has 0 aliphatic heterocycles. The second-order valence-electron chi connectivity index (χ2n) is 11.2. The molecule has 4 aromatic carbocycles. The first-order chi connectivity index (χ1) is 21.2. The van der Waals surface area contributed by atoms with Crippen molar-refractivity contribution in [2.45, 2.75) is 26.9 Å². The van der Waals surface area contributed by atoms with Crippen molar-refractivity contribution in [1.82, 2.24) is 9.80 Å². The Bertz CT molecular complexity index is 1480. The molecule has 4 aromatic rings. The molecule has 0 saturated heterocycles. The van der Waals surface area contributed by atoms with E-state index in [2.05, 4.69) is 41.1 Å². The van der Waals surface area contributed by atoms with Gasteiger partial charge in [-0.25, -0.2) is 0 Å². The summed E-state index contributed by atoms with van der Waals surface area (Å²) in [5, 5.41) is 10.4. The first-order valence-electron chi connectivity index (χ1n) is 14.9. The SMILES string of the molecule is COc1cccc(C(=O)C(C)CN(C)Cc2ccccc2)c1.COc1cccc(C(O)=C(C)CN(C)Cc2ccccc2)c1.[H+].[V]. The van der Waals surface area contributed by atoms with E-state index < -0.39 is 0 Å². The Labute approximate surface area is 282 Å². The first kappa shape index (κ1) is 37.4. The number of ketones is 1. The van der Waals surface area contributed by atoms with Crippen molar-refractivity contribution in [1.29, 1.82) is 0 Å². The Morgan fingerprint density at radius 1 is 0.733 bits per heavy atom. The third-order valence-electron chi connectivity index (χ3n) is 7.23. The fourth-order valence-electron chi connectivity index (χ4n) is 5.02. The minimum Gasteiger partial charge on any atom is -0.507 e. The van der Waals surface area contributed by atoms with E-state index in [1.165, 1.54) is 11.1 Å². The van der Waals surface area contributed by atoms with Crippen molar-refractivity contribution >= 4 is 11.5 Å². The molecular weight excluding hydrogens is 599 g/mol. The molecule has 0 fully saturated rings. The van der Waals surface area contributed by atoms with Crippen LogP contribution in [0.1, 0.15) is 42.3 Å². The molecule has 0 spiro atoms. The standard InChI is InChI=1S/2C19H23NO2.V/c2*1-15(13-20(2)14-16-8-5-4-6-9-16)19(21)17-10-7-11-18(12-17)22-3;/h4-12,21H,13-14H2,1-3H3;4-12,15H,13-14H2,1-3H3;/p+1. The molecule has 0 heterocycles. The van der Waals surface area contributed by atoms with Crippen LogP contribution < -0.4 is 9.47 Å². The van der Waals surface area contributed by atoms with Crippen molar-refractivity contribution in [3.63, 3.8) is 0 Å². The van der Waals surface area contributed by atoms with Gasteiger partial charge in [-0.15, -0.1) is 0 Å². The number of likely N-dealkylation sites (N-methyl/N-ethyl adjacent to an activating group) is 1. The van der Waals surface area contributed by atoms with Gasteiger partial charge in [-0.1, -0.05) is 91.9 Å². The molecule has 4 rings (SSSR count). The van der Waals surface area contributed by atoms with E-state index in [1.54, 1.807) is 20.3 Å². The number of nitrogens with zero attached hydrogens (tertiary/aromatic N) is 2. The van der Waals surface area contributed by atoms with Gasteiger partial charge in [0.05, 0.1) is 14.2 Å². The van der Waals surface area contributed by atoms with Gasteiger partial charge in [-0.05, 0) is 62.0 Å². The Morgan fingerprint density at radius 2 is 1.20 bits per heavy atom. The van der Waals surface area contributed by atoms with Gasteiger partial charge in [-0.3, -0.25) is 9.69 Å². The number of aliphatic hydroxyl groups excluding tert-OH is 1. The van der Waals surface area contributed by atoms with Crippen LogP contribution in [-0.4, -0.2) is 62.1 Å². The Morgan fingerprint density at radius 3 is 1.71 bits per heavy atom. The molecule has 237 valence electrons. The third kappa shape index (κ3) is 12.6. The first-order valence-corrected chi connectivity index (χ1v) is 14.9. The van der Waals surface area contributed by atoms with Gasteiger partial charge >= 0.3 is 1.43 Å². The summed E-state index contributed by atoms with van der Waals surface area (Å²) in [6.07, 6.45) is 0. The van der Waals surface area contributed by atoms with Crippen LogP contribution in [0.4, 0.5) is 0 Å². The number of carbonyl (C=O) groups excluding carboxylic acids is 1. The molecule has 7 heteroatoms. The number of Topliss-reactive ketones (excluding diaryl/α,β-unsaturated/α-hetero) is 1. The number of rotatable bonds is 13. The minimum absolute atomic E-state index is 0. The van der Waals surface area contributed by atoms with Gasteiger partial charge < -0.3 is 19.5 Å². The van der Waals surface area contributed by atoms with Crippen LogP contribution in [0.5, 0.6) is 11.5 Å². The summed E-state index contributed by atoms with van der Waals surface area (Å²) in [7, 11) is 7.33. The summed E-state index contributed by atoms with van der Waals surface area (Å²) in [4.78, 5) is 16.9. The zero-order valence-electron chi connectivity index (χ0n) is 28.3. The van der Waals surface area contributed by atoms with Crippen LogP contribution in [0.25, 0.3) is 5.76 Å². The predicted molar refractivity (Wildman–Crippen MR) is 181 cm³/mol. The fourth-order valence-corrected chi connectivity index (χ4v) is 5.02. The van der Waals surface area contributed by atoms with E-state index in [1.807, 2.05) is 99.8 Å². The summed E-state index contributed by atoms with van der Waals surface area (Å²) >= 11 is 0. The van der Waals surface area contributed by atoms with Crippen molar-refractivity contribution < 1.29 is 39.4 Å². The minimum atomic E-state index is -0.0548. The van der Waals surface area contributed by atoms with Gasteiger partial charge in [0, 0.05) is 61.8 Å². The average Bonchev–Trinajstić information content (AvgIpc) is 3.05. The summed E-state index contributed by atoms with van der Waals surface area (Å²) in [6.45, 7) is 7.06. The average molecular weight is 647 g/mol. The molecule has 0 amide bonds. The smallest absolute Gasteiger partial charge is 0.507 e. The molecule has 1 N–H and O–H groups in total. The summed E-state index contributed by atoms with van der Waals surface area (Å²) in [6, 6.07) is 35.4. The van der Waals surface area contributed by atoms with E-state index in [0.29, 0.717) is 17.9 Å². The van der Waals surface area contributed by atoms with Crippen LogP contribution in [0, 0.1) is 5.92 Å². The zero-order chi connectivity index (χ0) is 31.9. The topological polar surface area (TPSA) is 62.2 Å². The van der Waals surface area contributed by atoms with Crippen molar-refractivity contribution in [3.05, 3.63) is 137 Å². The summed E-state index contributed by atoms with van der Waals surface area (Å²) in [5.74, 6) is 1.88. The molecule has 1 radical (unpaired) electrons. The summed E-state index contributed by atoms with van der Waals surface area (Å²) < 4.78 is 10.4. The van der Waals surface area contributed by atoms with Crippen LogP contribution in [0.15, 0.2) is 115 Å². The number of carbonyl (C=O) groups is 1. The van der Waals surface area contributed by atoms with Crippen LogP contribution in [-0.2, 0) is 31.6 Å². The second-order valence-corrected chi connectivity index (χ2v) is 11.2. The maximum Gasteiger partial charge on any atom is 1.00 e. The number of methoxy groups -OCH3 is 2. The normalized spacial score (nSPS) is 11.9. The quantitative estimate of drug-likeness (QED) is 0.118. The molecule has 0 aliphatic carbocycles. The Hall–Kier alpha value is -3.81. The molecule has 0 aromatic heterocycles. The fraction of sp³-hybridized carbons (Fsp3) is 0.289. The molecule has 1 unspecified atom stereocenters. The predicted octanol–water partition coefficient (Wildman–Crippen LogP) is 7.87. The number of benzene rings is 4. The van der Waals surface area contributed by atoms with Crippen molar-refractivity contribution in [2.75, 3.05) is 41.4 Å². The molecule has 45 heavy (non-hydrogen) atoms. The molecular formula is C38H47N2O4V+. The maximum absolute atomic E-state index is 12.5. The Kier molecular flexibility index (Phi) is 16.2. The Balaban J connectivity index is 0.000000441. The maximum atomic E-state index is 12.5. The monoisotopic (exact) mass is 646 g/mol. The molecule has 1 atom stereocenters. The molecule has 0 saturated carbocycles. The number of hydrogen-bond donors (Lipinski definition) is 1. The number of ether oxygens (including phenoxy) is 2. The van der Waals surface area contributed by atoms with Crippen molar-refractivity contribution in [3.8, 4) is 11.5 Å². The van der Waals surface area contributed by atoms with Gasteiger partial charge in [0.2, 0.25) is 0 Å². The number of aliphatic hydroxyl groups is 1. The van der Waals surface area contributed by atoms with Gasteiger partial charge in [-0.2, -0.15) is 0 Å². The van der Waals surface area contributed by atoms with E-state index in [-0.39, 0.29) is 31.7 Å². The summed E-state index contributed by atoms with van der Waals surface area (Å²) in [5.41, 5.74) is 4.95. The third-order valence-corrected chi connectivity index (χ3v) is 7.23. The van der Waals surface area contributed by atoms with Gasteiger partial charge in [0.1, 0.15) is 17.3 Å². The van der Waals surface area contributed by atoms with E-state index in [4.69, 9.17) is 9.47 Å². The van der Waals surface area contributed by atoms with Crippen LogP contribution in [0.3, 0.4) is 0 Å². The van der Waals surface area contributed by atoms with Crippen LogP contribution >= 0.6 is 0 Å². The van der Waals surface area contributed by atoms with Crippen molar-refractivity contribution in [2.24, 2.45) is 5.92 Å². The second kappa shape index (κ2) is 19.6. The van der Waals surface area contributed by atoms with Gasteiger partial charge in [0.25, 0.3) is 0 Å². The van der Waals surface area contributed by atoms with E-state index in [9.17, 15) is 9.90 Å². The molecule has 0 bridgehead atoms. The van der Waals surface area contributed by atoms with E-state index >= 15 is 0 Å². The largest absolute Gasteiger partial charge is 1.00 e. The number of hydrogen-bond acceptors (Lipinski definition) is 6. The van der Waals surface area contributed by atoms with Crippen LogP contribution in [0.2, 0.25) is 0 Å². The zero-order valence-corrected chi connectivity index (χ0v) is 28.7. The van der Waals surface area contributed by atoms with E-state index in [0.717, 1.165) is 42.3 Å². The molecule has 0 aliphatic rings. The molecule has 6 nitrogen and oxygen atoms in total. The van der Waals surface area contributed by atoms with Gasteiger partial charge in [0.15, 0.2) is 5.78 Å².